The zero-order chi connectivity index (χ0) is 14.2. The van der Waals surface area contributed by atoms with Crippen molar-refractivity contribution in [2.45, 2.75) is 32.6 Å². The van der Waals surface area contributed by atoms with E-state index in [9.17, 15) is 0 Å². The van der Waals surface area contributed by atoms with Crippen LogP contribution in [-0.2, 0) is 0 Å². The molecule has 0 amide bonds. The lowest BCUT2D eigenvalue weighted by atomic mass is 10.4. The molecule has 2 rings (SSSR count). The normalized spacial score (nSPS) is 14.6. The van der Waals surface area contributed by atoms with E-state index in [1.165, 1.54) is 12.8 Å². The Labute approximate surface area is 119 Å². The fraction of sp³-hybridized carbons (Fsp3) is 0.769. The summed E-state index contributed by atoms with van der Waals surface area (Å²) in [5.41, 5.74) is 0. The molecule has 0 saturated carbocycles. The maximum absolute atomic E-state index is 8.83. The Kier molecular flexibility index (Phi) is 5.79. The van der Waals surface area contributed by atoms with Crippen molar-refractivity contribution in [3.8, 4) is 0 Å². The molecule has 1 aliphatic rings. The zero-order valence-corrected chi connectivity index (χ0v) is 12.1. The Morgan fingerprint density at radius 1 is 1.05 bits per heavy atom. The summed E-state index contributed by atoms with van der Waals surface area (Å²) in [6.45, 7) is 5.79. The van der Waals surface area contributed by atoms with E-state index >= 15 is 0 Å². The van der Waals surface area contributed by atoms with Gasteiger partial charge in [-0.2, -0.15) is 15.0 Å². The molecule has 1 saturated heterocycles. The van der Waals surface area contributed by atoms with Gasteiger partial charge in [-0.15, -0.1) is 0 Å². The lowest BCUT2D eigenvalue weighted by molar-refractivity contribution is 0.292. The topological polar surface area (TPSA) is 86.2 Å². The summed E-state index contributed by atoms with van der Waals surface area (Å²) in [6, 6.07) is 0. The molecule has 112 valence electrons. The van der Waals surface area contributed by atoms with Crippen LogP contribution in [0.1, 0.15) is 32.6 Å². The van der Waals surface area contributed by atoms with Crippen LogP contribution >= 0.6 is 0 Å². The molecule has 7 heteroatoms. The highest BCUT2D eigenvalue weighted by Crippen LogP contribution is 2.18. The lowest BCUT2D eigenvalue weighted by Crippen LogP contribution is -2.22. The fourth-order valence-electron chi connectivity index (χ4n) is 2.10. The standard InChI is InChI=1S/C13H24N6O/c1-2-6-14-11-16-12(15-7-5-10-20)18-13(17-11)19-8-3-4-9-19/h20H,2-10H2,1H3,(H2,14,15,16,17,18). The Hall–Kier alpha value is -1.63. The van der Waals surface area contributed by atoms with Crippen molar-refractivity contribution in [2.24, 2.45) is 0 Å². The Morgan fingerprint density at radius 3 is 2.30 bits per heavy atom. The molecule has 1 aliphatic heterocycles. The van der Waals surface area contributed by atoms with Crippen LogP contribution in [0.2, 0.25) is 0 Å². The predicted molar refractivity (Wildman–Crippen MR) is 80.2 cm³/mol. The summed E-state index contributed by atoms with van der Waals surface area (Å²) >= 11 is 0. The average Bonchev–Trinajstić information content (AvgIpc) is 2.99. The molecule has 0 aliphatic carbocycles. The Bertz CT molecular complexity index is 408. The highest BCUT2D eigenvalue weighted by atomic mass is 16.3. The van der Waals surface area contributed by atoms with Gasteiger partial charge in [-0.1, -0.05) is 6.92 Å². The number of rotatable bonds is 8. The van der Waals surface area contributed by atoms with Crippen LogP contribution in [0.15, 0.2) is 0 Å². The molecule has 0 spiro atoms. The van der Waals surface area contributed by atoms with Gasteiger partial charge >= 0.3 is 0 Å². The minimum atomic E-state index is 0.165. The summed E-state index contributed by atoms with van der Waals surface area (Å²) in [5.74, 6) is 1.94. The van der Waals surface area contributed by atoms with E-state index in [-0.39, 0.29) is 6.61 Å². The van der Waals surface area contributed by atoms with Gasteiger partial charge in [0.05, 0.1) is 0 Å². The van der Waals surface area contributed by atoms with E-state index in [0.717, 1.165) is 32.0 Å². The van der Waals surface area contributed by atoms with Gasteiger partial charge in [-0.3, -0.25) is 0 Å². The van der Waals surface area contributed by atoms with Crippen LogP contribution in [0.25, 0.3) is 0 Å². The zero-order valence-electron chi connectivity index (χ0n) is 12.1. The van der Waals surface area contributed by atoms with Crippen molar-refractivity contribution in [3.63, 3.8) is 0 Å². The van der Waals surface area contributed by atoms with Crippen molar-refractivity contribution < 1.29 is 5.11 Å². The third kappa shape index (κ3) is 4.19. The largest absolute Gasteiger partial charge is 0.396 e. The molecule has 1 aromatic rings. The quantitative estimate of drug-likeness (QED) is 0.614. The van der Waals surface area contributed by atoms with Crippen molar-refractivity contribution in [2.75, 3.05) is 48.3 Å². The molecule has 0 bridgehead atoms. The van der Waals surface area contributed by atoms with E-state index in [4.69, 9.17) is 5.11 Å². The second-order valence-electron chi connectivity index (χ2n) is 4.91. The van der Waals surface area contributed by atoms with E-state index < -0.39 is 0 Å². The summed E-state index contributed by atoms with van der Waals surface area (Å²) < 4.78 is 0. The van der Waals surface area contributed by atoms with Crippen LogP contribution in [0.4, 0.5) is 17.8 Å². The summed E-state index contributed by atoms with van der Waals surface area (Å²) in [5, 5.41) is 15.2. The summed E-state index contributed by atoms with van der Waals surface area (Å²) in [4.78, 5) is 15.5. The molecule has 0 aromatic carbocycles. The van der Waals surface area contributed by atoms with Gasteiger partial charge in [-0.05, 0) is 25.7 Å². The number of hydrogen-bond donors (Lipinski definition) is 3. The third-order valence-corrected chi connectivity index (χ3v) is 3.16. The van der Waals surface area contributed by atoms with Crippen LogP contribution in [-0.4, -0.2) is 52.8 Å². The number of aromatic nitrogens is 3. The van der Waals surface area contributed by atoms with Crippen molar-refractivity contribution in [3.05, 3.63) is 0 Å². The highest BCUT2D eigenvalue weighted by Gasteiger charge is 2.17. The second-order valence-corrected chi connectivity index (χ2v) is 4.91. The number of hydrogen-bond acceptors (Lipinski definition) is 7. The molecule has 2 heterocycles. The number of aliphatic hydroxyl groups excluding tert-OH is 1. The molecule has 20 heavy (non-hydrogen) atoms. The van der Waals surface area contributed by atoms with Gasteiger partial charge < -0.3 is 20.6 Å². The SMILES string of the molecule is CCCNc1nc(NCCCO)nc(N2CCCC2)n1. The van der Waals surface area contributed by atoms with E-state index in [1.54, 1.807) is 0 Å². The van der Waals surface area contributed by atoms with Crippen molar-refractivity contribution in [1.82, 2.24) is 15.0 Å². The molecule has 0 atom stereocenters. The highest BCUT2D eigenvalue weighted by molar-refractivity contribution is 5.44. The van der Waals surface area contributed by atoms with Crippen LogP contribution < -0.4 is 15.5 Å². The number of anilines is 3. The summed E-state index contributed by atoms with van der Waals surface area (Å²) in [7, 11) is 0. The fourth-order valence-corrected chi connectivity index (χ4v) is 2.10. The molecule has 1 aromatic heterocycles. The molecular weight excluding hydrogens is 256 g/mol. The molecular formula is C13H24N6O. The number of nitrogens with zero attached hydrogens (tertiary/aromatic N) is 4. The lowest BCUT2D eigenvalue weighted by Gasteiger charge is -2.17. The van der Waals surface area contributed by atoms with Gasteiger partial charge in [0.2, 0.25) is 17.8 Å². The van der Waals surface area contributed by atoms with Crippen molar-refractivity contribution >= 4 is 17.8 Å². The molecule has 0 radical (unpaired) electrons. The summed E-state index contributed by atoms with van der Waals surface area (Å²) in [6.07, 6.45) is 4.09. The van der Waals surface area contributed by atoms with Crippen LogP contribution in [0, 0.1) is 0 Å². The van der Waals surface area contributed by atoms with Gasteiger partial charge in [0.15, 0.2) is 0 Å². The molecule has 3 N–H and O–H groups in total. The number of nitrogens with one attached hydrogen (secondary N) is 2. The van der Waals surface area contributed by atoms with Gasteiger partial charge in [0, 0.05) is 32.8 Å². The first-order valence-electron chi connectivity index (χ1n) is 7.43. The minimum absolute atomic E-state index is 0.165. The van der Waals surface area contributed by atoms with Crippen LogP contribution in [0.3, 0.4) is 0 Å². The maximum atomic E-state index is 8.83. The van der Waals surface area contributed by atoms with Crippen molar-refractivity contribution in [1.29, 1.82) is 0 Å². The minimum Gasteiger partial charge on any atom is -0.396 e. The Balaban J connectivity index is 2.09. The Morgan fingerprint density at radius 2 is 1.70 bits per heavy atom. The first-order chi connectivity index (χ1) is 9.83. The van der Waals surface area contributed by atoms with Gasteiger partial charge in [0.1, 0.15) is 0 Å². The predicted octanol–water partition coefficient (Wildman–Crippen LogP) is 1.09. The van der Waals surface area contributed by atoms with Crippen LogP contribution in [0.5, 0.6) is 0 Å². The van der Waals surface area contributed by atoms with E-state index in [1.807, 2.05) is 0 Å². The average molecular weight is 280 g/mol. The third-order valence-electron chi connectivity index (χ3n) is 3.16. The first-order valence-corrected chi connectivity index (χ1v) is 7.43. The molecule has 1 fully saturated rings. The molecule has 0 unspecified atom stereocenters. The monoisotopic (exact) mass is 280 g/mol. The molecule has 7 nitrogen and oxygen atoms in total. The number of aliphatic hydroxyl groups is 1. The van der Waals surface area contributed by atoms with E-state index in [2.05, 4.69) is 37.4 Å². The maximum Gasteiger partial charge on any atom is 0.231 e. The second kappa shape index (κ2) is 7.84. The van der Waals surface area contributed by atoms with Gasteiger partial charge in [-0.25, -0.2) is 0 Å². The van der Waals surface area contributed by atoms with E-state index in [0.29, 0.717) is 24.9 Å². The van der Waals surface area contributed by atoms with Gasteiger partial charge in [0.25, 0.3) is 0 Å². The smallest absolute Gasteiger partial charge is 0.231 e. The first kappa shape index (κ1) is 14.8.